The van der Waals surface area contributed by atoms with Crippen LogP contribution in [0.2, 0.25) is 0 Å². The zero-order valence-electron chi connectivity index (χ0n) is 15.6. The normalized spacial score (nSPS) is 14.4. The van der Waals surface area contributed by atoms with Crippen molar-refractivity contribution in [3.63, 3.8) is 0 Å². The largest absolute Gasteiger partial charge is 0.357 e. The second-order valence-corrected chi connectivity index (χ2v) is 8.64. The van der Waals surface area contributed by atoms with Gasteiger partial charge in [-0.3, -0.25) is 0 Å². The van der Waals surface area contributed by atoms with Crippen molar-refractivity contribution in [1.29, 1.82) is 0 Å². The van der Waals surface area contributed by atoms with Crippen molar-refractivity contribution >= 4 is 15.8 Å². The maximum absolute atomic E-state index is 12.9. The van der Waals surface area contributed by atoms with Gasteiger partial charge < -0.3 is 4.90 Å². The second kappa shape index (κ2) is 8.12. The van der Waals surface area contributed by atoms with Crippen LogP contribution in [-0.2, 0) is 16.6 Å². The van der Waals surface area contributed by atoms with E-state index in [9.17, 15) is 8.42 Å². The smallest absolute Gasteiger partial charge is 0.241 e. The fourth-order valence-corrected chi connectivity index (χ4v) is 4.71. The molecule has 0 radical (unpaired) electrons. The molecule has 1 fully saturated rings. The Morgan fingerprint density at radius 1 is 0.893 bits per heavy atom. The van der Waals surface area contributed by atoms with Crippen LogP contribution in [0.4, 0.5) is 5.82 Å². The molecule has 4 rings (SSSR count). The minimum absolute atomic E-state index is 0.207. The molecule has 144 valence electrons. The first-order valence-corrected chi connectivity index (χ1v) is 11.0. The fourth-order valence-electron chi connectivity index (χ4n) is 3.47. The molecule has 1 aliphatic heterocycles. The summed E-state index contributed by atoms with van der Waals surface area (Å²) < 4.78 is 28.6. The van der Waals surface area contributed by atoms with Crippen LogP contribution in [0, 0.1) is 0 Å². The summed E-state index contributed by atoms with van der Waals surface area (Å²) >= 11 is 0. The Kier molecular flexibility index (Phi) is 5.41. The van der Waals surface area contributed by atoms with Crippen LogP contribution < -0.4 is 9.62 Å². The molecule has 1 saturated heterocycles. The van der Waals surface area contributed by atoms with Gasteiger partial charge in [0.2, 0.25) is 10.0 Å². The highest BCUT2D eigenvalue weighted by Gasteiger charge is 2.19. The van der Waals surface area contributed by atoms with E-state index in [0.29, 0.717) is 5.56 Å². The van der Waals surface area contributed by atoms with Gasteiger partial charge in [-0.2, -0.15) is 0 Å². The molecular formula is C22H23N3O2S. The average molecular weight is 394 g/mol. The zero-order valence-corrected chi connectivity index (χ0v) is 16.4. The molecule has 28 heavy (non-hydrogen) atoms. The Bertz CT molecular complexity index is 1030. The molecular weight excluding hydrogens is 370 g/mol. The number of nitrogens with zero attached hydrogens (tertiary/aromatic N) is 2. The van der Waals surface area contributed by atoms with Crippen molar-refractivity contribution in [3.05, 3.63) is 78.5 Å². The summed E-state index contributed by atoms with van der Waals surface area (Å²) in [5.74, 6) is 0.957. The number of anilines is 1. The van der Waals surface area contributed by atoms with Gasteiger partial charge >= 0.3 is 0 Å². The molecule has 0 atom stereocenters. The molecule has 6 heteroatoms. The number of pyridine rings is 1. The summed E-state index contributed by atoms with van der Waals surface area (Å²) in [6.45, 7) is 2.28. The first-order chi connectivity index (χ1) is 13.6. The van der Waals surface area contributed by atoms with Gasteiger partial charge in [0.25, 0.3) is 0 Å². The van der Waals surface area contributed by atoms with Crippen molar-refractivity contribution in [2.45, 2.75) is 24.3 Å². The van der Waals surface area contributed by atoms with Gasteiger partial charge in [0.1, 0.15) is 5.82 Å². The first kappa shape index (κ1) is 18.7. The summed E-state index contributed by atoms with van der Waals surface area (Å²) in [6.07, 6.45) is 4.15. The van der Waals surface area contributed by atoms with Crippen LogP contribution in [0.5, 0.6) is 0 Å². The Morgan fingerprint density at radius 3 is 2.32 bits per heavy atom. The number of hydrogen-bond acceptors (Lipinski definition) is 4. The van der Waals surface area contributed by atoms with E-state index in [1.54, 1.807) is 18.3 Å². The van der Waals surface area contributed by atoms with E-state index in [4.69, 9.17) is 0 Å². The summed E-state index contributed by atoms with van der Waals surface area (Å²) in [7, 11) is -3.65. The lowest BCUT2D eigenvalue weighted by molar-refractivity contribution is 0.581. The molecule has 0 bridgehead atoms. The lowest BCUT2D eigenvalue weighted by atomic mass is 10.1. The lowest BCUT2D eigenvalue weighted by Crippen LogP contribution is -2.24. The minimum Gasteiger partial charge on any atom is -0.357 e. The Balaban J connectivity index is 1.51. The van der Waals surface area contributed by atoms with Crippen LogP contribution in [0.3, 0.4) is 0 Å². The molecule has 1 aliphatic rings. The SMILES string of the molecule is O=S(=O)(NCc1ccc(N2CCCC2)nc1)c1ccccc1-c1ccccc1. The van der Waals surface area contributed by atoms with E-state index < -0.39 is 10.0 Å². The van der Waals surface area contributed by atoms with Gasteiger partial charge in [0, 0.05) is 31.4 Å². The number of hydrogen-bond donors (Lipinski definition) is 1. The maximum atomic E-state index is 12.9. The highest BCUT2D eigenvalue weighted by Crippen LogP contribution is 2.27. The topological polar surface area (TPSA) is 62.3 Å². The number of sulfonamides is 1. The molecule has 0 saturated carbocycles. The van der Waals surface area contributed by atoms with Crippen molar-refractivity contribution in [2.24, 2.45) is 0 Å². The number of aromatic nitrogens is 1. The zero-order chi connectivity index (χ0) is 19.4. The summed E-state index contributed by atoms with van der Waals surface area (Å²) in [5.41, 5.74) is 2.40. The van der Waals surface area contributed by atoms with Crippen LogP contribution in [0.15, 0.2) is 77.8 Å². The van der Waals surface area contributed by atoms with E-state index >= 15 is 0 Å². The highest BCUT2D eigenvalue weighted by molar-refractivity contribution is 7.89. The third-order valence-corrected chi connectivity index (χ3v) is 6.43. The van der Waals surface area contributed by atoms with E-state index in [-0.39, 0.29) is 11.4 Å². The van der Waals surface area contributed by atoms with E-state index in [1.807, 2.05) is 54.6 Å². The fraction of sp³-hybridized carbons (Fsp3) is 0.227. The molecule has 1 N–H and O–H groups in total. The van der Waals surface area contributed by atoms with Crippen LogP contribution in [0.1, 0.15) is 18.4 Å². The second-order valence-electron chi connectivity index (χ2n) is 6.91. The van der Waals surface area contributed by atoms with Crippen LogP contribution in [-0.4, -0.2) is 26.5 Å². The van der Waals surface area contributed by atoms with Gasteiger partial charge in [0.15, 0.2) is 0 Å². The highest BCUT2D eigenvalue weighted by atomic mass is 32.2. The number of rotatable bonds is 6. The Labute approximate surface area is 166 Å². The first-order valence-electron chi connectivity index (χ1n) is 9.47. The van der Waals surface area contributed by atoms with Crippen molar-refractivity contribution in [2.75, 3.05) is 18.0 Å². The molecule has 1 aromatic heterocycles. The number of benzene rings is 2. The molecule has 0 unspecified atom stereocenters. The third kappa shape index (κ3) is 4.08. The average Bonchev–Trinajstić information content (AvgIpc) is 3.28. The van der Waals surface area contributed by atoms with Gasteiger partial charge in [-0.25, -0.2) is 18.1 Å². The van der Waals surface area contributed by atoms with Gasteiger partial charge in [-0.1, -0.05) is 54.6 Å². The lowest BCUT2D eigenvalue weighted by Gasteiger charge is -2.16. The minimum atomic E-state index is -3.65. The number of nitrogens with one attached hydrogen (secondary N) is 1. The van der Waals surface area contributed by atoms with Crippen molar-refractivity contribution in [3.8, 4) is 11.1 Å². The standard InChI is InChI=1S/C22H23N3O2S/c26-28(27,21-11-5-4-10-20(21)19-8-2-1-3-9-19)24-17-18-12-13-22(23-16-18)25-14-6-7-15-25/h1-5,8-13,16,24H,6-7,14-15,17H2. The van der Waals surface area contributed by atoms with Crippen LogP contribution >= 0.6 is 0 Å². The Hall–Kier alpha value is -2.70. The molecule has 0 aliphatic carbocycles. The van der Waals surface area contributed by atoms with Crippen LogP contribution in [0.25, 0.3) is 11.1 Å². The molecule has 5 nitrogen and oxygen atoms in total. The monoisotopic (exact) mass is 393 g/mol. The molecule has 2 heterocycles. The van der Waals surface area contributed by atoms with E-state index in [1.165, 1.54) is 12.8 Å². The van der Waals surface area contributed by atoms with Gasteiger partial charge in [-0.15, -0.1) is 0 Å². The molecule has 0 spiro atoms. The van der Waals surface area contributed by atoms with Crippen molar-refractivity contribution in [1.82, 2.24) is 9.71 Å². The van der Waals surface area contributed by atoms with Gasteiger partial charge in [0.05, 0.1) is 4.90 Å². The maximum Gasteiger partial charge on any atom is 0.241 e. The molecule has 2 aromatic carbocycles. The van der Waals surface area contributed by atoms with Crippen molar-refractivity contribution < 1.29 is 8.42 Å². The predicted molar refractivity (Wildman–Crippen MR) is 112 cm³/mol. The summed E-state index contributed by atoms with van der Waals surface area (Å²) in [4.78, 5) is 7.02. The quantitative estimate of drug-likeness (QED) is 0.691. The predicted octanol–water partition coefficient (Wildman–Crippen LogP) is 3.83. The van der Waals surface area contributed by atoms with E-state index in [2.05, 4.69) is 14.6 Å². The Morgan fingerprint density at radius 2 is 1.61 bits per heavy atom. The molecule has 0 amide bonds. The van der Waals surface area contributed by atoms with E-state index in [0.717, 1.165) is 30.0 Å². The summed E-state index contributed by atoms with van der Waals surface area (Å²) in [6, 6.07) is 20.5. The van der Waals surface area contributed by atoms with Gasteiger partial charge in [-0.05, 0) is 36.1 Å². The summed E-state index contributed by atoms with van der Waals surface area (Å²) in [5, 5.41) is 0. The third-order valence-electron chi connectivity index (χ3n) is 4.97. The molecule has 3 aromatic rings.